The first-order valence-electron chi connectivity index (χ1n) is 4.49. The fourth-order valence-corrected chi connectivity index (χ4v) is 1.70. The van der Waals surface area contributed by atoms with E-state index in [1.54, 1.807) is 18.2 Å². The third-order valence-corrected chi connectivity index (χ3v) is 2.59. The lowest BCUT2D eigenvalue weighted by atomic mass is 10.1. The second kappa shape index (κ2) is 3.72. The first kappa shape index (κ1) is 10.8. The summed E-state index contributed by atoms with van der Waals surface area (Å²) >= 11 is 5.75. The average molecular weight is 240 g/mol. The number of nitrogens with zero attached hydrogens (tertiary/aromatic N) is 1. The standard InChI is InChI=1S/C11H7ClFNO2/c1-5-2-3-6-7(4-5)14-10(11(15)16)9(13)8(6)12/h2-4H,1H3,(H,15,16). The smallest absolute Gasteiger partial charge is 0.357 e. The highest BCUT2D eigenvalue weighted by molar-refractivity contribution is 6.35. The summed E-state index contributed by atoms with van der Waals surface area (Å²) < 4.78 is 13.5. The molecule has 0 unspecified atom stereocenters. The van der Waals surface area contributed by atoms with Crippen LogP contribution in [0.2, 0.25) is 5.02 Å². The van der Waals surface area contributed by atoms with Crippen LogP contribution in [0.4, 0.5) is 4.39 Å². The van der Waals surface area contributed by atoms with E-state index in [2.05, 4.69) is 4.98 Å². The Morgan fingerprint density at radius 1 is 1.50 bits per heavy atom. The largest absolute Gasteiger partial charge is 0.476 e. The molecule has 0 amide bonds. The van der Waals surface area contributed by atoms with Crippen LogP contribution in [0.15, 0.2) is 18.2 Å². The summed E-state index contributed by atoms with van der Waals surface area (Å²) in [6, 6.07) is 5.04. The fourth-order valence-electron chi connectivity index (χ4n) is 1.45. The number of rotatable bonds is 1. The van der Waals surface area contributed by atoms with Crippen LogP contribution in [0.1, 0.15) is 16.1 Å². The van der Waals surface area contributed by atoms with Crippen molar-refractivity contribution in [3.05, 3.63) is 40.3 Å². The molecule has 0 saturated carbocycles. The Morgan fingerprint density at radius 3 is 2.81 bits per heavy atom. The SMILES string of the molecule is Cc1ccc2c(Cl)c(F)c(C(=O)O)nc2c1. The van der Waals surface area contributed by atoms with Gasteiger partial charge in [-0.3, -0.25) is 0 Å². The second-order valence-electron chi connectivity index (χ2n) is 3.41. The van der Waals surface area contributed by atoms with Crippen molar-refractivity contribution >= 4 is 28.5 Å². The van der Waals surface area contributed by atoms with Crippen molar-refractivity contribution in [1.82, 2.24) is 4.98 Å². The molecule has 16 heavy (non-hydrogen) atoms. The molecule has 0 aliphatic carbocycles. The average Bonchev–Trinajstić information content (AvgIpc) is 2.22. The number of aromatic carboxylic acids is 1. The van der Waals surface area contributed by atoms with E-state index < -0.39 is 17.5 Å². The normalized spacial score (nSPS) is 10.7. The number of benzene rings is 1. The highest BCUT2D eigenvalue weighted by atomic mass is 35.5. The van der Waals surface area contributed by atoms with Gasteiger partial charge in [-0.05, 0) is 18.6 Å². The molecule has 82 valence electrons. The number of carboxylic acid groups (broad SMARTS) is 1. The number of hydrogen-bond acceptors (Lipinski definition) is 2. The maximum Gasteiger partial charge on any atom is 0.357 e. The van der Waals surface area contributed by atoms with Gasteiger partial charge < -0.3 is 5.11 Å². The molecule has 1 aromatic heterocycles. The van der Waals surface area contributed by atoms with Gasteiger partial charge in [0.25, 0.3) is 0 Å². The zero-order valence-corrected chi connectivity index (χ0v) is 9.05. The Bertz CT molecular complexity index is 598. The zero-order chi connectivity index (χ0) is 11.9. The zero-order valence-electron chi connectivity index (χ0n) is 8.29. The van der Waals surface area contributed by atoms with Gasteiger partial charge in [0.2, 0.25) is 0 Å². The Morgan fingerprint density at radius 2 is 2.19 bits per heavy atom. The van der Waals surface area contributed by atoms with Gasteiger partial charge in [-0.15, -0.1) is 0 Å². The van der Waals surface area contributed by atoms with E-state index in [4.69, 9.17) is 16.7 Å². The van der Waals surface area contributed by atoms with Gasteiger partial charge in [0.1, 0.15) is 0 Å². The molecular weight excluding hydrogens is 233 g/mol. The predicted octanol–water partition coefficient (Wildman–Crippen LogP) is 3.03. The van der Waals surface area contributed by atoms with Crippen molar-refractivity contribution in [3.63, 3.8) is 0 Å². The Hall–Kier alpha value is -1.68. The maximum atomic E-state index is 13.5. The minimum absolute atomic E-state index is 0.206. The van der Waals surface area contributed by atoms with E-state index in [9.17, 15) is 9.18 Å². The fraction of sp³-hybridized carbons (Fsp3) is 0.0909. The molecule has 0 aliphatic heterocycles. The number of fused-ring (bicyclic) bond motifs is 1. The van der Waals surface area contributed by atoms with Crippen LogP contribution in [0.25, 0.3) is 10.9 Å². The summed E-state index contributed by atoms with van der Waals surface area (Å²) in [5, 5.41) is 8.96. The highest BCUT2D eigenvalue weighted by Gasteiger charge is 2.18. The van der Waals surface area contributed by atoms with Crippen molar-refractivity contribution < 1.29 is 14.3 Å². The van der Waals surface area contributed by atoms with Gasteiger partial charge in [-0.1, -0.05) is 23.7 Å². The first-order chi connectivity index (χ1) is 7.50. The Balaban J connectivity index is 2.88. The van der Waals surface area contributed by atoms with E-state index in [-0.39, 0.29) is 5.02 Å². The van der Waals surface area contributed by atoms with Gasteiger partial charge in [0.05, 0.1) is 10.5 Å². The maximum absolute atomic E-state index is 13.5. The molecule has 0 fully saturated rings. The molecule has 2 aromatic rings. The van der Waals surface area contributed by atoms with Crippen LogP contribution in [0.3, 0.4) is 0 Å². The molecular formula is C11H7ClFNO2. The number of carboxylic acids is 1. The van der Waals surface area contributed by atoms with E-state index in [1.807, 2.05) is 6.92 Å². The molecule has 1 heterocycles. The van der Waals surface area contributed by atoms with Crippen LogP contribution >= 0.6 is 11.6 Å². The molecule has 0 bridgehead atoms. The topological polar surface area (TPSA) is 50.2 Å². The number of carbonyl (C=O) groups is 1. The van der Waals surface area contributed by atoms with E-state index in [0.29, 0.717) is 10.9 Å². The van der Waals surface area contributed by atoms with Gasteiger partial charge in [0, 0.05) is 5.39 Å². The van der Waals surface area contributed by atoms with E-state index in [1.165, 1.54) is 0 Å². The summed E-state index contributed by atoms with van der Waals surface area (Å²) in [5.41, 5.74) is 0.630. The third kappa shape index (κ3) is 1.61. The lowest BCUT2D eigenvalue weighted by molar-refractivity contribution is 0.0685. The van der Waals surface area contributed by atoms with Gasteiger partial charge >= 0.3 is 5.97 Å². The first-order valence-corrected chi connectivity index (χ1v) is 4.87. The third-order valence-electron chi connectivity index (χ3n) is 2.23. The second-order valence-corrected chi connectivity index (χ2v) is 3.79. The highest BCUT2D eigenvalue weighted by Crippen LogP contribution is 2.27. The molecule has 2 rings (SSSR count). The van der Waals surface area contributed by atoms with Gasteiger partial charge in [-0.25, -0.2) is 14.2 Å². The molecule has 1 aromatic carbocycles. The number of aromatic nitrogens is 1. The minimum atomic E-state index is -1.43. The van der Waals surface area contributed by atoms with Crippen LogP contribution in [-0.4, -0.2) is 16.1 Å². The molecule has 3 nitrogen and oxygen atoms in total. The molecule has 0 atom stereocenters. The van der Waals surface area contributed by atoms with Crippen LogP contribution < -0.4 is 0 Å². The van der Waals surface area contributed by atoms with Crippen molar-refractivity contribution in [1.29, 1.82) is 0 Å². The molecule has 0 aliphatic rings. The number of halogens is 2. The Kier molecular flexibility index (Phi) is 2.52. The molecule has 1 N–H and O–H groups in total. The summed E-state index contributed by atoms with van der Waals surface area (Å²) in [6.45, 7) is 1.83. The summed E-state index contributed by atoms with van der Waals surface area (Å²) in [4.78, 5) is 14.5. The van der Waals surface area contributed by atoms with Gasteiger partial charge in [-0.2, -0.15) is 0 Å². The van der Waals surface area contributed by atoms with Crippen molar-refractivity contribution in [3.8, 4) is 0 Å². The monoisotopic (exact) mass is 239 g/mol. The minimum Gasteiger partial charge on any atom is -0.476 e. The van der Waals surface area contributed by atoms with E-state index in [0.717, 1.165) is 5.56 Å². The summed E-state index contributed by atoms with van der Waals surface area (Å²) in [5.74, 6) is -2.42. The predicted molar refractivity (Wildman–Crippen MR) is 58.4 cm³/mol. The van der Waals surface area contributed by atoms with Crippen molar-refractivity contribution in [2.24, 2.45) is 0 Å². The molecule has 0 radical (unpaired) electrons. The Labute approximate surface area is 95.5 Å². The van der Waals surface area contributed by atoms with Crippen LogP contribution in [-0.2, 0) is 0 Å². The lowest BCUT2D eigenvalue weighted by Crippen LogP contribution is -2.05. The van der Waals surface area contributed by atoms with E-state index >= 15 is 0 Å². The quantitative estimate of drug-likeness (QED) is 0.832. The van der Waals surface area contributed by atoms with Crippen LogP contribution in [0.5, 0.6) is 0 Å². The molecule has 0 spiro atoms. The molecule has 5 heteroatoms. The van der Waals surface area contributed by atoms with Crippen molar-refractivity contribution in [2.45, 2.75) is 6.92 Å². The van der Waals surface area contributed by atoms with Gasteiger partial charge in [0.15, 0.2) is 11.5 Å². The number of hydrogen-bond donors (Lipinski definition) is 1. The number of pyridine rings is 1. The number of aryl methyl sites for hydroxylation is 1. The summed E-state index contributed by atoms with van der Waals surface area (Å²) in [7, 11) is 0. The molecule has 0 saturated heterocycles. The van der Waals surface area contributed by atoms with Crippen LogP contribution in [0, 0.1) is 12.7 Å². The van der Waals surface area contributed by atoms with Crippen molar-refractivity contribution in [2.75, 3.05) is 0 Å². The lowest BCUT2D eigenvalue weighted by Gasteiger charge is -2.05. The summed E-state index contributed by atoms with van der Waals surface area (Å²) in [6.07, 6.45) is 0.